The molecule has 0 amide bonds. The van der Waals surface area contributed by atoms with Crippen LogP contribution >= 0.6 is 0 Å². The fraction of sp³-hybridized carbons (Fsp3) is 0.222. The highest BCUT2D eigenvalue weighted by Crippen LogP contribution is 2.26. The van der Waals surface area contributed by atoms with E-state index in [-0.39, 0.29) is 0 Å². The SMILES string of the molecule is C=C(C[C@@H](O)c1ccccc1)C[C@@H](O)c1ccccc1. The van der Waals surface area contributed by atoms with E-state index in [1.54, 1.807) is 0 Å². The summed E-state index contributed by atoms with van der Waals surface area (Å²) < 4.78 is 0. The first-order valence-corrected chi connectivity index (χ1v) is 6.79. The predicted octanol–water partition coefficient (Wildman–Crippen LogP) is 3.79. The standard InChI is InChI=1S/C18H20O2/c1-14(12-17(19)15-8-4-2-5-9-15)13-18(20)16-10-6-3-7-11-16/h2-11,17-20H,1,12-13H2/t17-,18-/m1/s1. The highest BCUT2D eigenvalue weighted by Gasteiger charge is 2.13. The molecule has 2 atom stereocenters. The topological polar surface area (TPSA) is 40.5 Å². The van der Waals surface area contributed by atoms with E-state index in [2.05, 4.69) is 6.58 Å². The summed E-state index contributed by atoms with van der Waals surface area (Å²) in [4.78, 5) is 0. The minimum atomic E-state index is -0.563. The molecule has 2 nitrogen and oxygen atoms in total. The van der Waals surface area contributed by atoms with Crippen LogP contribution in [0, 0.1) is 0 Å². The van der Waals surface area contributed by atoms with E-state index < -0.39 is 12.2 Å². The molecule has 0 aliphatic carbocycles. The first kappa shape index (κ1) is 14.5. The molecule has 2 aromatic rings. The van der Waals surface area contributed by atoms with Crippen molar-refractivity contribution in [3.05, 3.63) is 83.9 Å². The van der Waals surface area contributed by atoms with Crippen molar-refractivity contribution in [1.29, 1.82) is 0 Å². The zero-order valence-corrected chi connectivity index (χ0v) is 11.4. The largest absolute Gasteiger partial charge is 0.388 e. The maximum atomic E-state index is 10.1. The van der Waals surface area contributed by atoms with Crippen LogP contribution in [0.3, 0.4) is 0 Å². The lowest BCUT2D eigenvalue weighted by molar-refractivity contribution is 0.158. The van der Waals surface area contributed by atoms with E-state index >= 15 is 0 Å². The van der Waals surface area contributed by atoms with Crippen LogP contribution in [-0.2, 0) is 0 Å². The van der Waals surface area contributed by atoms with E-state index in [1.165, 1.54) is 0 Å². The third-order valence-corrected chi connectivity index (χ3v) is 3.33. The Morgan fingerprint density at radius 1 is 0.750 bits per heavy atom. The molecule has 0 saturated carbocycles. The molecule has 2 heteroatoms. The molecule has 2 rings (SSSR count). The van der Waals surface area contributed by atoms with Crippen LogP contribution in [0.5, 0.6) is 0 Å². The first-order chi connectivity index (χ1) is 9.66. The summed E-state index contributed by atoms with van der Waals surface area (Å²) in [5.74, 6) is 0. The molecule has 0 aliphatic rings. The summed E-state index contributed by atoms with van der Waals surface area (Å²) in [5.41, 5.74) is 2.60. The van der Waals surface area contributed by atoms with Gasteiger partial charge in [0.1, 0.15) is 0 Å². The maximum absolute atomic E-state index is 10.1. The normalized spacial score (nSPS) is 13.7. The summed E-state index contributed by atoms with van der Waals surface area (Å²) in [7, 11) is 0. The predicted molar refractivity (Wildman–Crippen MR) is 81.2 cm³/mol. The summed E-state index contributed by atoms with van der Waals surface area (Å²) in [6.45, 7) is 3.97. The molecule has 20 heavy (non-hydrogen) atoms. The van der Waals surface area contributed by atoms with E-state index in [0.29, 0.717) is 12.8 Å². The molecule has 104 valence electrons. The fourth-order valence-corrected chi connectivity index (χ4v) is 2.22. The molecule has 0 radical (unpaired) electrons. The van der Waals surface area contributed by atoms with Crippen molar-refractivity contribution in [3.8, 4) is 0 Å². The average Bonchev–Trinajstić information content (AvgIpc) is 2.49. The van der Waals surface area contributed by atoms with E-state index in [4.69, 9.17) is 0 Å². The summed E-state index contributed by atoms with van der Waals surface area (Å²) in [5, 5.41) is 20.3. The molecule has 0 heterocycles. The molecule has 2 N–H and O–H groups in total. The zero-order chi connectivity index (χ0) is 14.4. The second-order valence-corrected chi connectivity index (χ2v) is 5.01. The van der Waals surface area contributed by atoms with Gasteiger partial charge in [0.15, 0.2) is 0 Å². The molecular formula is C18H20O2. The van der Waals surface area contributed by atoms with Crippen LogP contribution in [0.4, 0.5) is 0 Å². The van der Waals surface area contributed by atoms with Gasteiger partial charge in [0.2, 0.25) is 0 Å². The Hall–Kier alpha value is -1.90. The Morgan fingerprint density at radius 3 is 1.45 bits per heavy atom. The maximum Gasteiger partial charge on any atom is 0.0827 e. The number of aliphatic hydroxyl groups excluding tert-OH is 2. The van der Waals surface area contributed by atoms with Crippen LogP contribution in [0.2, 0.25) is 0 Å². The van der Waals surface area contributed by atoms with Gasteiger partial charge in [-0.05, 0) is 24.0 Å². The van der Waals surface area contributed by atoms with Crippen LogP contribution in [0.25, 0.3) is 0 Å². The minimum Gasteiger partial charge on any atom is -0.388 e. The van der Waals surface area contributed by atoms with Gasteiger partial charge in [-0.25, -0.2) is 0 Å². The smallest absolute Gasteiger partial charge is 0.0827 e. The summed E-state index contributed by atoms with van der Waals surface area (Å²) in [6.07, 6.45) is -0.194. The first-order valence-electron chi connectivity index (χ1n) is 6.79. The van der Waals surface area contributed by atoms with Crippen molar-refractivity contribution in [1.82, 2.24) is 0 Å². The van der Waals surface area contributed by atoms with Crippen molar-refractivity contribution in [2.24, 2.45) is 0 Å². The molecule has 0 aliphatic heterocycles. The minimum absolute atomic E-state index is 0.466. The van der Waals surface area contributed by atoms with E-state index in [1.807, 2.05) is 60.7 Å². The highest BCUT2D eigenvalue weighted by molar-refractivity contribution is 5.21. The van der Waals surface area contributed by atoms with Crippen molar-refractivity contribution in [3.63, 3.8) is 0 Å². The van der Waals surface area contributed by atoms with Gasteiger partial charge < -0.3 is 10.2 Å². The Bertz CT molecular complexity index is 484. The lowest BCUT2D eigenvalue weighted by Crippen LogP contribution is -2.03. The lowest BCUT2D eigenvalue weighted by Gasteiger charge is -2.16. The molecule has 2 aromatic carbocycles. The van der Waals surface area contributed by atoms with Crippen LogP contribution in [0.15, 0.2) is 72.8 Å². The van der Waals surface area contributed by atoms with Gasteiger partial charge in [-0.15, -0.1) is 0 Å². The molecule has 0 aromatic heterocycles. The molecule has 0 fully saturated rings. The Labute approximate surface area is 120 Å². The van der Waals surface area contributed by atoms with Gasteiger partial charge in [0, 0.05) is 0 Å². The van der Waals surface area contributed by atoms with Gasteiger partial charge >= 0.3 is 0 Å². The zero-order valence-electron chi connectivity index (χ0n) is 11.4. The fourth-order valence-electron chi connectivity index (χ4n) is 2.22. The second-order valence-electron chi connectivity index (χ2n) is 5.01. The van der Waals surface area contributed by atoms with Gasteiger partial charge in [0.05, 0.1) is 12.2 Å². The monoisotopic (exact) mass is 268 g/mol. The Morgan fingerprint density at radius 2 is 1.10 bits per heavy atom. The number of hydrogen-bond donors (Lipinski definition) is 2. The second kappa shape index (κ2) is 7.04. The third-order valence-electron chi connectivity index (χ3n) is 3.33. The summed E-state index contributed by atoms with van der Waals surface area (Å²) >= 11 is 0. The number of aliphatic hydroxyl groups is 2. The molecule has 0 spiro atoms. The lowest BCUT2D eigenvalue weighted by atomic mass is 9.96. The van der Waals surface area contributed by atoms with Crippen molar-refractivity contribution >= 4 is 0 Å². The van der Waals surface area contributed by atoms with Crippen LogP contribution in [-0.4, -0.2) is 10.2 Å². The number of hydrogen-bond acceptors (Lipinski definition) is 2. The summed E-state index contributed by atoms with van der Waals surface area (Å²) in [6, 6.07) is 19.0. The van der Waals surface area contributed by atoms with Gasteiger partial charge in [-0.3, -0.25) is 0 Å². The van der Waals surface area contributed by atoms with Gasteiger partial charge in [-0.2, -0.15) is 0 Å². The molecule has 0 bridgehead atoms. The molecule has 0 unspecified atom stereocenters. The van der Waals surface area contributed by atoms with Gasteiger partial charge in [-0.1, -0.05) is 72.8 Å². The van der Waals surface area contributed by atoms with Crippen molar-refractivity contribution in [2.75, 3.05) is 0 Å². The highest BCUT2D eigenvalue weighted by atomic mass is 16.3. The van der Waals surface area contributed by atoms with Crippen LogP contribution < -0.4 is 0 Å². The van der Waals surface area contributed by atoms with Crippen LogP contribution in [0.1, 0.15) is 36.2 Å². The van der Waals surface area contributed by atoms with Crippen molar-refractivity contribution in [2.45, 2.75) is 25.0 Å². The van der Waals surface area contributed by atoms with E-state index in [9.17, 15) is 10.2 Å². The number of benzene rings is 2. The van der Waals surface area contributed by atoms with E-state index in [0.717, 1.165) is 16.7 Å². The number of rotatable bonds is 6. The third kappa shape index (κ3) is 4.05. The Balaban J connectivity index is 1.90. The quantitative estimate of drug-likeness (QED) is 0.782. The van der Waals surface area contributed by atoms with Crippen molar-refractivity contribution < 1.29 is 10.2 Å². The Kier molecular flexibility index (Phi) is 5.10. The molecular weight excluding hydrogens is 248 g/mol. The average molecular weight is 268 g/mol. The molecule has 0 saturated heterocycles. The van der Waals surface area contributed by atoms with Gasteiger partial charge in [0.25, 0.3) is 0 Å².